The highest BCUT2D eigenvalue weighted by molar-refractivity contribution is 7.93. The van der Waals surface area contributed by atoms with Crippen LogP contribution in [0.2, 0.25) is 0 Å². The molecule has 0 aliphatic heterocycles. The summed E-state index contributed by atoms with van der Waals surface area (Å²) in [7, 11) is -3.73. The number of nitriles is 1. The van der Waals surface area contributed by atoms with Crippen molar-refractivity contribution >= 4 is 15.7 Å². The van der Waals surface area contributed by atoms with Gasteiger partial charge in [0.05, 0.1) is 18.4 Å². The predicted molar refractivity (Wildman–Crippen MR) is 82.0 cm³/mol. The van der Waals surface area contributed by atoms with Crippen molar-refractivity contribution in [3.05, 3.63) is 29.3 Å². The van der Waals surface area contributed by atoms with Gasteiger partial charge in [0.25, 0.3) is 0 Å². The van der Waals surface area contributed by atoms with Crippen LogP contribution >= 0.6 is 0 Å². The average molecular weight is 306 g/mol. The molecule has 1 aromatic carbocycles. The molecule has 5 nitrogen and oxygen atoms in total. The van der Waals surface area contributed by atoms with Crippen LogP contribution in [-0.4, -0.2) is 25.4 Å². The minimum absolute atomic E-state index is 0.0152. The Balaban J connectivity index is 3.05. The summed E-state index contributed by atoms with van der Waals surface area (Å²) >= 11 is 0. The molecule has 21 heavy (non-hydrogen) atoms. The highest BCUT2D eigenvalue weighted by Crippen LogP contribution is 2.17. The minimum Gasteiger partial charge on any atom is -0.395 e. The Labute approximate surface area is 125 Å². The molecule has 0 aromatic heterocycles. The van der Waals surface area contributed by atoms with Gasteiger partial charge >= 0.3 is 0 Å². The summed E-state index contributed by atoms with van der Waals surface area (Å²) < 4.78 is 26.5. The molecule has 0 bridgehead atoms. The van der Waals surface area contributed by atoms with Crippen molar-refractivity contribution in [3.8, 4) is 17.9 Å². The number of hydrogen-bond donors (Lipinski definition) is 2. The van der Waals surface area contributed by atoms with E-state index < -0.39 is 15.3 Å². The standard InChI is InChI=1S/C15H18N2O3S/c1-3-15(11-16)21(19,20)17-14-9-12(2)8-13(10-14)6-4-5-7-18/h8-10,15,17-18H,3,5,7H2,1-2H3. The van der Waals surface area contributed by atoms with Crippen LogP contribution in [0.1, 0.15) is 30.9 Å². The van der Waals surface area contributed by atoms with E-state index in [0.29, 0.717) is 17.7 Å². The van der Waals surface area contributed by atoms with Gasteiger partial charge in [0.2, 0.25) is 10.0 Å². The highest BCUT2D eigenvalue weighted by Gasteiger charge is 2.23. The Morgan fingerprint density at radius 3 is 2.67 bits per heavy atom. The van der Waals surface area contributed by atoms with Gasteiger partial charge in [0.1, 0.15) is 0 Å². The lowest BCUT2D eigenvalue weighted by Crippen LogP contribution is -2.26. The third kappa shape index (κ3) is 5.11. The fourth-order valence-corrected chi connectivity index (χ4v) is 2.92. The van der Waals surface area contributed by atoms with Crippen molar-refractivity contribution in [2.75, 3.05) is 11.3 Å². The van der Waals surface area contributed by atoms with E-state index in [1.54, 1.807) is 25.1 Å². The number of nitrogens with one attached hydrogen (secondary N) is 1. The van der Waals surface area contributed by atoms with Gasteiger partial charge in [-0.2, -0.15) is 5.26 Å². The topological polar surface area (TPSA) is 90.2 Å². The Kier molecular flexibility index (Phi) is 6.23. The summed E-state index contributed by atoms with van der Waals surface area (Å²) in [6.45, 7) is 3.46. The summed E-state index contributed by atoms with van der Waals surface area (Å²) in [4.78, 5) is 0. The number of nitrogens with zero attached hydrogens (tertiary/aromatic N) is 1. The monoisotopic (exact) mass is 306 g/mol. The van der Waals surface area contributed by atoms with Crippen molar-refractivity contribution in [2.45, 2.75) is 31.9 Å². The van der Waals surface area contributed by atoms with E-state index in [0.717, 1.165) is 5.56 Å². The number of aryl methyl sites for hydroxylation is 1. The van der Waals surface area contributed by atoms with Crippen LogP contribution in [0.3, 0.4) is 0 Å². The number of benzene rings is 1. The Morgan fingerprint density at radius 2 is 2.10 bits per heavy atom. The smallest absolute Gasteiger partial charge is 0.249 e. The van der Waals surface area contributed by atoms with E-state index in [2.05, 4.69) is 16.6 Å². The second-order valence-electron chi connectivity index (χ2n) is 4.54. The van der Waals surface area contributed by atoms with Gasteiger partial charge < -0.3 is 5.11 Å². The van der Waals surface area contributed by atoms with E-state index in [9.17, 15) is 8.42 Å². The van der Waals surface area contributed by atoms with Crippen molar-refractivity contribution in [3.63, 3.8) is 0 Å². The first-order chi connectivity index (χ1) is 9.92. The molecule has 2 N–H and O–H groups in total. The molecule has 0 radical (unpaired) electrons. The van der Waals surface area contributed by atoms with Gasteiger partial charge in [0.15, 0.2) is 5.25 Å². The van der Waals surface area contributed by atoms with Gasteiger partial charge in [-0.25, -0.2) is 8.42 Å². The summed E-state index contributed by atoms with van der Waals surface area (Å²) in [6, 6.07) is 6.89. The Bertz CT molecular complexity index is 694. The molecular formula is C15H18N2O3S. The number of rotatable bonds is 5. The summed E-state index contributed by atoms with van der Waals surface area (Å²) in [5.41, 5.74) is 1.90. The molecular weight excluding hydrogens is 288 g/mol. The summed E-state index contributed by atoms with van der Waals surface area (Å²) in [5.74, 6) is 5.64. The zero-order valence-corrected chi connectivity index (χ0v) is 12.9. The number of anilines is 1. The first kappa shape index (κ1) is 17.0. The molecule has 0 saturated heterocycles. The Hall–Kier alpha value is -2.02. The quantitative estimate of drug-likeness (QED) is 0.811. The molecule has 1 aromatic rings. The molecule has 0 spiro atoms. The molecule has 0 fully saturated rings. The van der Waals surface area contributed by atoms with Gasteiger partial charge in [0, 0.05) is 12.0 Å². The molecule has 1 atom stereocenters. The zero-order valence-electron chi connectivity index (χ0n) is 12.0. The van der Waals surface area contributed by atoms with E-state index >= 15 is 0 Å². The molecule has 0 aliphatic carbocycles. The summed E-state index contributed by atoms with van der Waals surface area (Å²) in [5, 5.41) is 16.5. The maximum Gasteiger partial charge on any atom is 0.249 e. The minimum atomic E-state index is -3.73. The van der Waals surface area contributed by atoms with Gasteiger partial charge in [-0.15, -0.1) is 0 Å². The second-order valence-corrected chi connectivity index (χ2v) is 6.40. The van der Waals surface area contributed by atoms with Crippen LogP contribution in [0, 0.1) is 30.1 Å². The van der Waals surface area contributed by atoms with Crippen LogP contribution in [0.25, 0.3) is 0 Å². The van der Waals surface area contributed by atoms with Gasteiger partial charge in [-0.05, 0) is 37.1 Å². The van der Waals surface area contributed by atoms with Crippen molar-refractivity contribution in [1.29, 1.82) is 5.26 Å². The van der Waals surface area contributed by atoms with Crippen LogP contribution in [0.15, 0.2) is 18.2 Å². The van der Waals surface area contributed by atoms with Crippen LogP contribution in [0.5, 0.6) is 0 Å². The maximum atomic E-state index is 12.0. The molecule has 0 heterocycles. The molecule has 1 unspecified atom stereocenters. The van der Waals surface area contributed by atoms with Crippen LogP contribution in [-0.2, 0) is 10.0 Å². The molecule has 0 aliphatic rings. The first-order valence-electron chi connectivity index (χ1n) is 6.55. The van der Waals surface area contributed by atoms with Crippen molar-refractivity contribution < 1.29 is 13.5 Å². The van der Waals surface area contributed by atoms with E-state index in [1.165, 1.54) is 0 Å². The van der Waals surface area contributed by atoms with Gasteiger partial charge in [-0.1, -0.05) is 18.8 Å². The van der Waals surface area contributed by atoms with Crippen molar-refractivity contribution in [2.24, 2.45) is 0 Å². The number of hydrogen-bond acceptors (Lipinski definition) is 4. The van der Waals surface area contributed by atoms with E-state index in [-0.39, 0.29) is 13.0 Å². The predicted octanol–water partition coefficient (Wildman–Crippen LogP) is 1.77. The highest BCUT2D eigenvalue weighted by atomic mass is 32.2. The Morgan fingerprint density at radius 1 is 1.38 bits per heavy atom. The molecule has 0 saturated carbocycles. The average Bonchev–Trinajstić information content (AvgIpc) is 2.38. The normalized spacial score (nSPS) is 11.9. The lowest BCUT2D eigenvalue weighted by molar-refractivity contribution is 0.305. The largest absolute Gasteiger partial charge is 0.395 e. The molecule has 1 rings (SSSR count). The second kappa shape index (κ2) is 7.68. The fourth-order valence-electron chi connectivity index (χ4n) is 1.75. The number of sulfonamides is 1. The number of aliphatic hydroxyl groups is 1. The van der Waals surface area contributed by atoms with E-state index in [4.69, 9.17) is 10.4 Å². The fraction of sp³-hybridized carbons (Fsp3) is 0.400. The maximum absolute atomic E-state index is 12.0. The lowest BCUT2D eigenvalue weighted by atomic mass is 10.1. The van der Waals surface area contributed by atoms with Gasteiger partial charge in [-0.3, -0.25) is 4.72 Å². The van der Waals surface area contributed by atoms with E-state index in [1.807, 2.05) is 13.0 Å². The molecule has 112 valence electrons. The third-order valence-corrected chi connectivity index (χ3v) is 4.40. The molecule has 6 heteroatoms. The summed E-state index contributed by atoms with van der Waals surface area (Å²) in [6.07, 6.45) is 0.585. The third-order valence-electron chi connectivity index (χ3n) is 2.70. The zero-order chi connectivity index (χ0) is 15.9. The SMILES string of the molecule is CCC(C#N)S(=O)(=O)Nc1cc(C)cc(C#CCCO)c1. The van der Waals surface area contributed by atoms with Crippen LogP contribution < -0.4 is 4.72 Å². The lowest BCUT2D eigenvalue weighted by Gasteiger charge is -2.12. The number of aliphatic hydroxyl groups excluding tert-OH is 1. The van der Waals surface area contributed by atoms with Crippen LogP contribution in [0.4, 0.5) is 5.69 Å². The first-order valence-corrected chi connectivity index (χ1v) is 8.10. The van der Waals surface area contributed by atoms with Crippen molar-refractivity contribution in [1.82, 2.24) is 0 Å². The molecule has 0 amide bonds.